The summed E-state index contributed by atoms with van der Waals surface area (Å²) in [6.45, 7) is 1.90. The molecule has 0 atom stereocenters. The molecule has 1 N–H and O–H groups in total. The van der Waals surface area contributed by atoms with Crippen molar-refractivity contribution in [2.24, 2.45) is 0 Å². The highest BCUT2D eigenvalue weighted by molar-refractivity contribution is 5.43. The van der Waals surface area contributed by atoms with Gasteiger partial charge < -0.3 is 5.11 Å². The van der Waals surface area contributed by atoms with Gasteiger partial charge in [-0.3, -0.25) is 0 Å². The first-order chi connectivity index (χ1) is 3.84. The van der Waals surface area contributed by atoms with Gasteiger partial charge in [0.15, 0.2) is 0 Å². The summed E-state index contributed by atoms with van der Waals surface area (Å²) in [6, 6.07) is 0. The number of allylic oxidation sites excluding steroid dienone is 4. The van der Waals surface area contributed by atoms with E-state index < -0.39 is 0 Å². The van der Waals surface area contributed by atoms with Crippen molar-refractivity contribution < 1.29 is 5.11 Å². The maximum absolute atomic E-state index is 8.92. The molecule has 1 heteroatoms. The van der Waals surface area contributed by atoms with E-state index in [4.69, 9.17) is 5.11 Å². The Hall–Kier alpha value is -0.980. The van der Waals surface area contributed by atoms with Gasteiger partial charge in [0.1, 0.15) is 5.76 Å². The summed E-state index contributed by atoms with van der Waals surface area (Å²) in [5.41, 5.74) is 0.907. The second-order valence-corrected chi connectivity index (χ2v) is 1.66. The van der Waals surface area contributed by atoms with E-state index in [0.29, 0.717) is 5.76 Å². The van der Waals surface area contributed by atoms with Crippen LogP contribution in [-0.2, 0) is 0 Å². The lowest BCUT2D eigenvalue weighted by molar-refractivity contribution is 0.428. The lowest BCUT2D eigenvalue weighted by atomic mass is 10.2. The van der Waals surface area contributed by atoms with Gasteiger partial charge in [0.25, 0.3) is 0 Å². The summed E-state index contributed by atoms with van der Waals surface area (Å²) in [5, 5.41) is 8.92. The van der Waals surface area contributed by atoms with E-state index >= 15 is 0 Å². The van der Waals surface area contributed by atoms with Gasteiger partial charge in [0, 0.05) is 5.57 Å². The summed E-state index contributed by atoms with van der Waals surface area (Å²) in [4.78, 5) is 0. The summed E-state index contributed by atoms with van der Waals surface area (Å²) < 4.78 is 0. The SMILES string of the molecule is C/C=C1/C=CC=C1O. The molecule has 1 nitrogen and oxygen atoms in total. The smallest absolute Gasteiger partial charge is 0.122 e. The lowest BCUT2D eigenvalue weighted by Gasteiger charge is -1.89. The molecule has 0 spiro atoms. The van der Waals surface area contributed by atoms with Crippen LogP contribution in [0.1, 0.15) is 6.92 Å². The molecule has 0 amide bonds. The Morgan fingerprint density at radius 2 is 2.38 bits per heavy atom. The maximum Gasteiger partial charge on any atom is 0.122 e. The van der Waals surface area contributed by atoms with Crippen LogP contribution in [0.25, 0.3) is 0 Å². The highest BCUT2D eigenvalue weighted by Gasteiger charge is 1.99. The molecular formula is C7H8O. The van der Waals surface area contributed by atoms with Crippen molar-refractivity contribution in [3.05, 3.63) is 35.6 Å². The van der Waals surface area contributed by atoms with Crippen LogP contribution in [0.5, 0.6) is 0 Å². The topological polar surface area (TPSA) is 20.2 Å². The molecule has 0 aromatic rings. The normalized spacial score (nSPS) is 22.1. The Morgan fingerprint density at radius 1 is 1.62 bits per heavy atom. The van der Waals surface area contributed by atoms with E-state index in [1.54, 1.807) is 6.08 Å². The molecule has 1 rings (SSSR count). The molecule has 0 unspecified atom stereocenters. The van der Waals surface area contributed by atoms with Gasteiger partial charge in [0.2, 0.25) is 0 Å². The molecule has 1 aliphatic carbocycles. The van der Waals surface area contributed by atoms with Crippen LogP contribution >= 0.6 is 0 Å². The van der Waals surface area contributed by atoms with E-state index in [-0.39, 0.29) is 0 Å². The number of hydrogen-bond donors (Lipinski definition) is 1. The van der Waals surface area contributed by atoms with E-state index in [0.717, 1.165) is 5.57 Å². The highest BCUT2D eigenvalue weighted by atomic mass is 16.3. The number of hydrogen-bond acceptors (Lipinski definition) is 1. The molecule has 0 fully saturated rings. The number of aliphatic hydroxyl groups is 1. The van der Waals surface area contributed by atoms with Crippen molar-refractivity contribution in [3.8, 4) is 0 Å². The Kier molecular flexibility index (Phi) is 1.20. The molecule has 0 heterocycles. The molecule has 0 saturated heterocycles. The number of rotatable bonds is 0. The van der Waals surface area contributed by atoms with Crippen molar-refractivity contribution in [1.29, 1.82) is 0 Å². The predicted molar refractivity (Wildman–Crippen MR) is 33.6 cm³/mol. The fraction of sp³-hybridized carbons (Fsp3) is 0.143. The van der Waals surface area contributed by atoms with Crippen LogP contribution in [0.3, 0.4) is 0 Å². The standard InChI is InChI=1S/C7H8O/c1-2-6-4-3-5-7(6)8/h2-5,8H,1H3/b6-2-. The minimum absolute atomic E-state index is 0.368. The van der Waals surface area contributed by atoms with Crippen LogP contribution in [0.4, 0.5) is 0 Å². The molecule has 8 heavy (non-hydrogen) atoms. The van der Waals surface area contributed by atoms with Crippen molar-refractivity contribution in [3.63, 3.8) is 0 Å². The van der Waals surface area contributed by atoms with E-state index in [1.165, 1.54) is 0 Å². The molecule has 0 radical (unpaired) electrons. The van der Waals surface area contributed by atoms with Crippen LogP contribution in [0.2, 0.25) is 0 Å². The van der Waals surface area contributed by atoms with Gasteiger partial charge in [-0.25, -0.2) is 0 Å². The zero-order valence-electron chi connectivity index (χ0n) is 4.76. The summed E-state index contributed by atoms with van der Waals surface area (Å²) in [5.74, 6) is 0.368. The minimum atomic E-state index is 0.368. The second-order valence-electron chi connectivity index (χ2n) is 1.66. The average molecular weight is 108 g/mol. The van der Waals surface area contributed by atoms with Crippen LogP contribution in [-0.4, -0.2) is 5.11 Å². The third-order valence-electron chi connectivity index (χ3n) is 1.14. The molecule has 0 bridgehead atoms. The fourth-order valence-corrected chi connectivity index (χ4v) is 0.669. The average Bonchev–Trinajstić information content (AvgIpc) is 2.14. The zero-order chi connectivity index (χ0) is 5.98. The molecule has 0 aliphatic heterocycles. The fourth-order valence-electron chi connectivity index (χ4n) is 0.669. The largest absolute Gasteiger partial charge is 0.507 e. The maximum atomic E-state index is 8.92. The molecular weight excluding hydrogens is 100 g/mol. The van der Waals surface area contributed by atoms with E-state index in [1.807, 2.05) is 25.2 Å². The van der Waals surface area contributed by atoms with Crippen LogP contribution < -0.4 is 0 Å². The Labute approximate surface area is 48.6 Å². The monoisotopic (exact) mass is 108 g/mol. The van der Waals surface area contributed by atoms with Gasteiger partial charge in [-0.15, -0.1) is 0 Å². The van der Waals surface area contributed by atoms with E-state index in [9.17, 15) is 0 Å². The molecule has 1 aliphatic rings. The van der Waals surface area contributed by atoms with Crippen molar-refractivity contribution in [1.82, 2.24) is 0 Å². The van der Waals surface area contributed by atoms with Crippen LogP contribution in [0, 0.1) is 0 Å². The van der Waals surface area contributed by atoms with Gasteiger partial charge in [0.05, 0.1) is 0 Å². The van der Waals surface area contributed by atoms with Crippen molar-refractivity contribution >= 4 is 0 Å². The molecule has 0 saturated carbocycles. The van der Waals surface area contributed by atoms with Crippen molar-refractivity contribution in [2.75, 3.05) is 0 Å². The number of aliphatic hydroxyl groups excluding tert-OH is 1. The minimum Gasteiger partial charge on any atom is -0.507 e. The van der Waals surface area contributed by atoms with Crippen molar-refractivity contribution in [2.45, 2.75) is 6.92 Å². The zero-order valence-corrected chi connectivity index (χ0v) is 4.76. The summed E-state index contributed by atoms with van der Waals surface area (Å²) in [7, 11) is 0. The lowest BCUT2D eigenvalue weighted by Crippen LogP contribution is -1.76. The first kappa shape index (κ1) is 5.16. The summed E-state index contributed by atoms with van der Waals surface area (Å²) >= 11 is 0. The summed E-state index contributed by atoms with van der Waals surface area (Å²) in [6.07, 6.45) is 7.24. The molecule has 0 aromatic heterocycles. The predicted octanol–water partition coefficient (Wildman–Crippen LogP) is 1.94. The van der Waals surface area contributed by atoms with Gasteiger partial charge in [-0.2, -0.15) is 0 Å². The highest BCUT2D eigenvalue weighted by Crippen LogP contribution is 2.13. The van der Waals surface area contributed by atoms with Gasteiger partial charge >= 0.3 is 0 Å². The second kappa shape index (κ2) is 1.86. The quantitative estimate of drug-likeness (QED) is 0.502. The third kappa shape index (κ3) is 0.668. The molecule has 42 valence electrons. The van der Waals surface area contributed by atoms with Gasteiger partial charge in [-0.05, 0) is 13.0 Å². The van der Waals surface area contributed by atoms with E-state index in [2.05, 4.69) is 0 Å². The molecule has 0 aromatic carbocycles. The third-order valence-corrected chi connectivity index (χ3v) is 1.14. The van der Waals surface area contributed by atoms with Crippen LogP contribution in [0.15, 0.2) is 35.6 Å². The van der Waals surface area contributed by atoms with Gasteiger partial charge in [-0.1, -0.05) is 18.2 Å². The Bertz CT molecular complexity index is 173. The first-order valence-electron chi connectivity index (χ1n) is 2.58. The Balaban J connectivity index is 2.88. The first-order valence-corrected chi connectivity index (χ1v) is 2.58. The Morgan fingerprint density at radius 3 is 2.62 bits per heavy atom.